The summed E-state index contributed by atoms with van der Waals surface area (Å²) in [6.45, 7) is 2.08. The van der Waals surface area contributed by atoms with Crippen molar-refractivity contribution in [3.63, 3.8) is 0 Å². The molecule has 1 heterocycles. The topological polar surface area (TPSA) is 50.1 Å². The van der Waals surface area contributed by atoms with Gasteiger partial charge in [0.1, 0.15) is 0 Å². The summed E-state index contributed by atoms with van der Waals surface area (Å²) >= 11 is 0. The van der Waals surface area contributed by atoms with Gasteiger partial charge in [0.05, 0.1) is 6.04 Å². The third-order valence-electron chi connectivity index (χ3n) is 2.59. The van der Waals surface area contributed by atoms with Crippen LogP contribution in [-0.4, -0.2) is 12.1 Å². The first-order valence-electron chi connectivity index (χ1n) is 4.60. The zero-order chi connectivity index (χ0) is 9.26. The maximum absolute atomic E-state index is 6.03. The lowest BCUT2D eigenvalue weighted by Gasteiger charge is -2.16. The largest absolute Gasteiger partial charge is 0.325 e. The van der Waals surface area contributed by atoms with Gasteiger partial charge in [-0.25, -0.2) is 5.43 Å². The van der Waals surface area contributed by atoms with E-state index in [0.717, 1.165) is 0 Å². The highest BCUT2D eigenvalue weighted by atomic mass is 15.4. The molecule has 1 aliphatic heterocycles. The van der Waals surface area contributed by atoms with Crippen molar-refractivity contribution in [3.05, 3.63) is 35.9 Å². The monoisotopic (exact) mass is 177 g/mol. The van der Waals surface area contributed by atoms with E-state index in [-0.39, 0.29) is 12.1 Å². The van der Waals surface area contributed by atoms with Gasteiger partial charge in [-0.3, -0.25) is 5.43 Å². The molecule has 3 heteroatoms. The van der Waals surface area contributed by atoms with Gasteiger partial charge in [-0.05, 0) is 12.5 Å². The Balaban J connectivity index is 2.19. The van der Waals surface area contributed by atoms with Crippen LogP contribution in [0.25, 0.3) is 0 Å². The molecule has 1 saturated heterocycles. The average molecular weight is 177 g/mol. The molecule has 0 radical (unpaired) electrons. The van der Waals surface area contributed by atoms with Crippen molar-refractivity contribution in [3.8, 4) is 0 Å². The molecule has 3 atom stereocenters. The molecule has 1 fully saturated rings. The zero-order valence-electron chi connectivity index (χ0n) is 7.70. The van der Waals surface area contributed by atoms with Gasteiger partial charge in [0, 0.05) is 12.1 Å². The first kappa shape index (κ1) is 8.69. The summed E-state index contributed by atoms with van der Waals surface area (Å²) in [5, 5.41) is 0. The lowest BCUT2D eigenvalue weighted by Crippen LogP contribution is -2.35. The maximum Gasteiger partial charge on any atom is 0.0629 e. The van der Waals surface area contributed by atoms with E-state index in [0.29, 0.717) is 6.04 Å². The van der Waals surface area contributed by atoms with Crippen LogP contribution in [0, 0.1) is 0 Å². The minimum absolute atomic E-state index is 0.141. The molecule has 0 saturated carbocycles. The summed E-state index contributed by atoms with van der Waals surface area (Å²) in [5.74, 6) is 0. The molecule has 1 aromatic carbocycles. The Morgan fingerprint density at radius 2 is 1.85 bits per heavy atom. The molecular weight excluding hydrogens is 162 g/mol. The van der Waals surface area contributed by atoms with Crippen molar-refractivity contribution < 1.29 is 0 Å². The second kappa shape index (κ2) is 3.46. The smallest absolute Gasteiger partial charge is 0.0629 e. The van der Waals surface area contributed by atoms with Crippen molar-refractivity contribution in [1.82, 2.24) is 10.9 Å². The summed E-state index contributed by atoms with van der Waals surface area (Å²) < 4.78 is 0. The van der Waals surface area contributed by atoms with Gasteiger partial charge in [-0.15, -0.1) is 0 Å². The summed E-state index contributed by atoms with van der Waals surface area (Å²) in [6.07, 6.45) is 0. The fourth-order valence-corrected chi connectivity index (χ4v) is 1.67. The Bertz CT molecular complexity index is 273. The van der Waals surface area contributed by atoms with Crippen LogP contribution in [0.3, 0.4) is 0 Å². The van der Waals surface area contributed by atoms with Crippen LogP contribution in [0.15, 0.2) is 30.3 Å². The van der Waals surface area contributed by atoms with Gasteiger partial charge >= 0.3 is 0 Å². The number of nitrogens with one attached hydrogen (secondary N) is 2. The van der Waals surface area contributed by atoms with Crippen molar-refractivity contribution in [2.24, 2.45) is 5.73 Å². The van der Waals surface area contributed by atoms with Gasteiger partial charge in [-0.2, -0.15) is 0 Å². The van der Waals surface area contributed by atoms with Crippen LogP contribution in [0.2, 0.25) is 0 Å². The van der Waals surface area contributed by atoms with Gasteiger partial charge < -0.3 is 5.73 Å². The highest BCUT2D eigenvalue weighted by molar-refractivity contribution is 5.22. The second-order valence-corrected chi connectivity index (χ2v) is 3.54. The van der Waals surface area contributed by atoms with Gasteiger partial charge in [-0.1, -0.05) is 30.3 Å². The zero-order valence-corrected chi connectivity index (χ0v) is 7.70. The molecule has 13 heavy (non-hydrogen) atoms. The van der Waals surface area contributed by atoms with E-state index in [4.69, 9.17) is 5.73 Å². The van der Waals surface area contributed by atoms with E-state index in [2.05, 4.69) is 29.9 Å². The molecule has 0 spiro atoms. The first-order valence-corrected chi connectivity index (χ1v) is 4.60. The molecule has 4 N–H and O–H groups in total. The molecule has 0 amide bonds. The number of rotatable bonds is 1. The normalized spacial score (nSPS) is 33.5. The molecule has 0 aliphatic carbocycles. The quantitative estimate of drug-likeness (QED) is 0.587. The summed E-state index contributed by atoms with van der Waals surface area (Å²) in [4.78, 5) is 0. The summed E-state index contributed by atoms with van der Waals surface area (Å²) in [6, 6.07) is 11.0. The molecule has 70 valence electrons. The third-order valence-corrected chi connectivity index (χ3v) is 2.59. The van der Waals surface area contributed by atoms with Crippen LogP contribution in [-0.2, 0) is 0 Å². The van der Waals surface area contributed by atoms with Gasteiger partial charge in [0.25, 0.3) is 0 Å². The van der Waals surface area contributed by atoms with Crippen LogP contribution < -0.4 is 16.6 Å². The van der Waals surface area contributed by atoms with E-state index in [1.807, 2.05) is 18.2 Å². The van der Waals surface area contributed by atoms with E-state index < -0.39 is 0 Å². The number of benzene rings is 1. The number of nitrogens with two attached hydrogens (primary N) is 1. The molecule has 1 aromatic rings. The van der Waals surface area contributed by atoms with E-state index in [1.54, 1.807) is 0 Å². The molecule has 3 nitrogen and oxygen atoms in total. The lowest BCUT2D eigenvalue weighted by atomic mass is 9.98. The van der Waals surface area contributed by atoms with Gasteiger partial charge in [0.15, 0.2) is 0 Å². The highest BCUT2D eigenvalue weighted by Gasteiger charge is 2.30. The molecule has 3 unspecified atom stereocenters. The van der Waals surface area contributed by atoms with E-state index in [9.17, 15) is 0 Å². The van der Waals surface area contributed by atoms with Crippen molar-refractivity contribution in [2.45, 2.75) is 25.0 Å². The number of hydrogen-bond donors (Lipinski definition) is 3. The average Bonchev–Trinajstić information content (AvgIpc) is 2.49. The lowest BCUT2D eigenvalue weighted by molar-refractivity contribution is 0.550. The molecule has 0 bridgehead atoms. The standard InChI is InChI=1S/C10H15N3/c1-7-9(11)10(13-12-7)8-5-3-2-4-6-8/h2-7,9-10,12-13H,11H2,1H3. The van der Waals surface area contributed by atoms with Crippen molar-refractivity contribution in [1.29, 1.82) is 0 Å². The Labute approximate surface area is 78.3 Å². The fourth-order valence-electron chi connectivity index (χ4n) is 1.67. The summed E-state index contributed by atoms with van der Waals surface area (Å²) in [5.41, 5.74) is 13.6. The Morgan fingerprint density at radius 1 is 1.15 bits per heavy atom. The molecular formula is C10H15N3. The van der Waals surface area contributed by atoms with Crippen molar-refractivity contribution >= 4 is 0 Å². The maximum atomic E-state index is 6.03. The molecule has 1 aliphatic rings. The van der Waals surface area contributed by atoms with E-state index in [1.165, 1.54) is 5.56 Å². The SMILES string of the molecule is CC1NNC(c2ccccc2)C1N. The van der Waals surface area contributed by atoms with Gasteiger partial charge in [0.2, 0.25) is 0 Å². The Kier molecular flexibility index (Phi) is 2.31. The van der Waals surface area contributed by atoms with Crippen LogP contribution in [0.5, 0.6) is 0 Å². The molecule has 0 aromatic heterocycles. The van der Waals surface area contributed by atoms with Crippen LogP contribution in [0.1, 0.15) is 18.5 Å². The number of hydrazine groups is 1. The highest BCUT2D eigenvalue weighted by Crippen LogP contribution is 2.20. The van der Waals surface area contributed by atoms with E-state index >= 15 is 0 Å². The second-order valence-electron chi connectivity index (χ2n) is 3.54. The van der Waals surface area contributed by atoms with Crippen LogP contribution >= 0.6 is 0 Å². The first-order chi connectivity index (χ1) is 6.29. The summed E-state index contributed by atoms with van der Waals surface area (Å²) in [7, 11) is 0. The fraction of sp³-hybridized carbons (Fsp3) is 0.400. The molecule has 2 rings (SSSR count). The Hall–Kier alpha value is -0.900. The predicted molar refractivity (Wildman–Crippen MR) is 52.9 cm³/mol. The van der Waals surface area contributed by atoms with Crippen LogP contribution in [0.4, 0.5) is 0 Å². The number of hydrogen-bond acceptors (Lipinski definition) is 3. The minimum Gasteiger partial charge on any atom is -0.325 e. The third kappa shape index (κ3) is 1.58. The minimum atomic E-state index is 0.141. The Morgan fingerprint density at radius 3 is 2.38 bits per heavy atom. The van der Waals surface area contributed by atoms with Crippen molar-refractivity contribution in [2.75, 3.05) is 0 Å². The predicted octanol–water partition coefficient (Wildman–Crippen LogP) is 0.551.